The zero-order valence-electron chi connectivity index (χ0n) is 18.5. The van der Waals surface area contributed by atoms with Gasteiger partial charge in [-0.05, 0) is 61.1 Å². The van der Waals surface area contributed by atoms with Crippen LogP contribution in [0.1, 0.15) is 83.1 Å². The summed E-state index contributed by atoms with van der Waals surface area (Å²) < 4.78 is 0. The molecule has 4 nitrogen and oxygen atoms in total. The van der Waals surface area contributed by atoms with Gasteiger partial charge in [-0.15, -0.1) is 0 Å². The molecule has 1 aromatic carbocycles. The molecule has 2 amide bonds. The number of nitrogens with one attached hydrogen (secondary N) is 1. The molecule has 1 aliphatic carbocycles. The van der Waals surface area contributed by atoms with Crippen molar-refractivity contribution in [2.24, 2.45) is 11.8 Å². The van der Waals surface area contributed by atoms with Gasteiger partial charge in [-0.2, -0.15) is 0 Å². The van der Waals surface area contributed by atoms with Crippen molar-refractivity contribution in [2.75, 3.05) is 13.1 Å². The van der Waals surface area contributed by atoms with E-state index in [0.29, 0.717) is 18.3 Å². The third kappa shape index (κ3) is 6.23. The monoisotopic (exact) mass is 432 g/mol. The molecule has 1 N–H and O–H groups in total. The molecule has 1 aliphatic heterocycles. The molecule has 30 heavy (non-hydrogen) atoms. The number of halogens is 1. The Hall–Kier alpha value is -1.55. The third-order valence-corrected chi connectivity index (χ3v) is 7.39. The van der Waals surface area contributed by atoms with Crippen LogP contribution >= 0.6 is 11.6 Å². The third-order valence-electron chi connectivity index (χ3n) is 7.14. The lowest BCUT2D eigenvalue weighted by Gasteiger charge is -2.36. The number of hydrogen-bond donors (Lipinski definition) is 1. The first-order valence-corrected chi connectivity index (χ1v) is 12.2. The highest BCUT2D eigenvalue weighted by Gasteiger charge is 2.33. The molecule has 5 heteroatoms. The second-order valence-corrected chi connectivity index (χ2v) is 9.73. The van der Waals surface area contributed by atoms with Gasteiger partial charge in [-0.3, -0.25) is 9.59 Å². The molecule has 2 aliphatic rings. The van der Waals surface area contributed by atoms with Crippen molar-refractivity contribution in [1.29, 1.82) is 0 Å². The second kappa shape index (κ2) is 11.2. The summed E-state index contributed by atoms with van der Waals surface area (Å²) in [5.41, 5.74) is 1.30. The highest BCUT2D eigenvalue weighted by atomic mass is 35.5. The smallest absolute Gasteiger partial charge is 0.245 e. The van der Waals surface area contributed by atoms with Gasteiger partial charge in [0.25, 0.3) is 0 Å². The van der Waals surface area contributed by atoms with E-state index in [-0.39, 0.29) is 17.7 Å². The Kier molecular flexibility index (Phi) is 8.61. The van der Waals surface area contributed by atoms with Gasteiger partial charge in [0, 0.05) is 24.5 Å². The number of benzene rings is 1. The molecule has 0 spiro atoms. The molecule has 1 aromatic rings. The average molecular weight is 433 g/mol. The van der Waals surface area contributed by atoms with Gasteiger partial charge in [-0.25, -0.2) is 0 Å². The van der Waals surface area contributed by atoms with Crippen LogP contribution in [0, 0.1) is 11.8 Å². The van der Waals surface area contributed by atoms with E-state index in [2.05, 4.69) is 31.3 Å². The first kappa shape index (κ1) is 23.1. The molecule has 0 aromatic heterocycles. The summed E-state index contributed by atoms with van der Waals surface area (Å²) >= 11 is 6.01. The first-order valence-electron chi connectivity index (χ1n) is 11.8. The van der Waals surface area contributed by atoms with E-state index in [1.54, 1.807) is 0 Å². The number of rotatable bonds is 7. The van der Waals surface area contributed by atoms with Gasteiger partial charge in [0.2, 0.25) is 11.8 Å². The van der Waals surface area contributed by atoms with E-state index in [4.69, 9.17) is 11.6 Å². The molecule has 1 saturated heterocycles. The quantitative estimate of drug-likeness (QED) is 0.614. The van der Waals surface area contributed by atoms with Crippen LogP contribution in [-0.4, -0.2) is 35.8 Å². The number of amides is 2. The minimum atomic E-state index is -0.404. The van der Waals surface area contributed by atoms with Gasteiger partial charge in [0.15, 0.2) is 0 Å². The van der Waals surface area contributed by atoms with Gasteiger partial charge in [0.1, 0.15) is 6.04 Å². The van der Waals surface area contributed by atoms with Gasteiger partial charge in [-0.1, -0.05) is 63.3 Å². The van der Waals surface area contributed by atoms with Crippen molar-refractivity contribution >= 4 is 23.4 Å². The molecule has 166 valence electrons. The van der Waals surface area contributed by atoms with Crippen LogP contribution in [0.4, 0.5) is 0 Å². The Balaban J connectivity index is 1.55. The second-order valence-electron chi connectivity index (χ2n) is 9.29. The number of hydrogen-bond acceptors (Lipinski definition) is 2. The predicted octanol–water partition coefficient (Wildman–Crippen LogP) is 5.55. The maximum atomic E-state index is 13.3. The molecule has 2 fully saturated rings. The summed E-state index contributed by atoms with van der Waals surface area (Å²) in [5, 5.41) is 3.87. The summed E-state index contributed by atoms with van der Waals surface area (Å²) in [7, 11) is 0. The lowest BCUT2D eigenvalue weighted by Crippen LogP contribution is -2.53. The molecule has 0 bridgehead atoms. The van der Waals surface area contributed by atoms with E-state index in [9.17, 15) is 9.59 Å². The van der Waals surface area contributed by atoms with Crippen LogP contribution in [0.2, 0.25) is 5.02 Å². The maximum Gasteiger partial charge on any atom is 0.245 e. The van der Waals surface area contributed by atoms with Crippen LogP contribution in [-0.2, 0) is 9.59 Å². The molecule has 2 atom stereocenters. The molecule has 1 heterocycles. The number of piperidine rings is 1. The van der Waals surface area contributed by atoms with Crippen LogP contribution < -0.4 is 5.32 Å². The van der Waals surface area contributed by atoms with E-state index in [1.165, 1.54) is 24.8 Å². The predicted molar refractivity (Wildman–Crippen MR) is 123 cm³/mol. The number of nitrogens with zero attached hydrogens (tertiary/aromatic N) is 1. The zero-order chi connectivity index (χ0) is 21.5. The molecular weight excluding hydrogens is 396 g/mol. The van der Waals surface area contributed by atoms with Crippen molar-refractivity contribution in [3.8, 4) is 0 Å². The van der Waals surface area contributed by atoms with Crippen molar-refractivity contribution in [3.63, 3.8) is 0 Å². The Labute approximate surface area is 186 Å². The lowest BCUT2D eigenvalue weighted by molar-refractivity contribution is -0.139. The molecule has 3 rings (SSSR count). The zero-order valence-corrected chi connectivity index (χ0v) is 19.3. The molecule has 1 saturated carbocycles. The molecular formula is C25H37ClN2O2. The van der Waals surface area contributed by atoms with Crippen molar-refractivity contribution in [2.45, 2.75) is 83.6 Å². The fourth-order valence-corrected chi connectivity index (χ4v) is 5.06. The van der Waals surface area contributed by atoms with E-state index in [0.717, 1.165) is 50.2 Å². The minimum Gasteiger partial charge on any atom is -0.344 e. The fourth-order valence-electron chi connectivity index (χ4n) is 4.93. The average Bonchev–Trinajstić information content (AvgIpc) is 2.78. The van der Waals surface area contributed by atoms with Crippen LogP contribution in [0.5, 0.6) is 0 Å². The number of carbonyl (C=O) groups is 2. The van der Waals surface area contributed by atoms with Gasteiger partial charge < -0.3 is 10.2 Å². The van der Waals surface area contributed by atoms with Crippen molar-refractivity contribution in [3.05, 3.63) is 34.9 Å². The minimum absolute atomic E-state index is 0.0524. The first-order chi connectivity index (χ1) is 14.5. The summed E-state index contributed by atoms with van der Waals surface area (Å²) in [6, 6.07) is 7.67. The Morgan fingerprint density at radius 2 is 1.70 bits per heavy atom. The highest BCUT2D eigenvalue weighted by molar-refractivity contribution is 6.30. The number of likely N-dealkylation sites (tertiary alicyclic amines) is 1. The standard InChI is InChI=1S/C25H37ClN2O2/c1-3-18(2)24(27-23(29)17-19-7-5-4-6-8-19)25(30)28-15-13-21(14-16-28)20-9-11-22(26)12-10-20/h9-12,18-19,21,24H,3-8,13-17H2,1-2H3,(H,27,29)/t18-,24+/m0/s1. The summed E-state index contributed by atoms with van der Waals surface area (Å²) in [6.07, 6.45) is 9.40. The van der Waals surface area contributed by atoms with Crippen LogP contribution in [0.15, 0.2) is 24.3 Å². The highest BCUT2D eigenvalue weighted by Crippen LogP contribution is 2.30. The fraction of sp³-hybridized carbons (Fsp3) is 0.680. The molecule has 0 unspecified atom stereocenters. The van der Waals surface area contributed by atoms with E-state index < -0.39 is 6.04 Å². The maximum absolute atomic E-state index is 13.3. The topological polar surface area (TPSA) is 49.4 Å². The normalized spacial score (nSPS) is 20.6. The summed E-state index contributed by atoms with van der Waals surface area (Å²) in [4.78, 5) is 28.0. The van der Waals surface area contributed by atoms with Crippen molar-refractivity contribution < 1.29 is 9.59 Å². The van der Waals surface area contributed by atoms with Crippen LogP contribution in [0.3, 0.4) is 0 Å². The van der Waals surface area contributed by atoms with Gasteiger partial charge >= 0.3 is 0 Å². The molecule has 0 radical (unpaired) electrons. The lowest BCUT2D eigenvalue weighted by atomic mass is 9.86. The Bertz CT molecular complexity index is 692. The summed E-state index contributed by atoms with van der Waals surface area (Å²) in [5.74, 6) is 1.24. The Morgan fingerprint density at radius 1 is 1.07 bits per heavy atom. The largest absolute Gasteiger partial charge is 0.344 e. The number of carbonyl (C=O) groups excluding carboxylic acids is 2. The SMILES string of the molecule is CC[C@H](C)[C@@H](NC(=O)CC1CCCCC1)C(=O)N1CCC(c2ccc(Cl)cc2)CC1. The van der Waals surface area contributed by atoms with Gasteiger partial charge in [0.05, 0.1) is 0 Å². The Morgan fingerprint density at radius 3 is 2.30 bits per heavy atom. The van der Waals surface area contributed by atoms with E-state index >= 15 is 0 Å². The van der Waals surface area contributed by atoms with Crippen LogP contribution in [0.25, 0.3) is 0 Å². The summed E-state index contributed by atoms with van der Waals surface area (Å²) in [6.45, 7) is 5.66. The van der Waals surface area contributed by atoms with Crippen molar-refractivity contribution in [1.82, 2.24) is 10.2 Å². The van der Waals surface area contributed by atoms with E-state index in [1.807, 2.05) is 17.0 Å².